The molecule has 1 atom stereocenters. The second kappa shape index (κ2) is 6.46. The SMILES string of the molecule is CSCC(C)NCCc1ccsc1. The molecule has 13 heavy (non-hydrogen) atoms. The summed E-state index contributed by atoms with van der Waals surface area (Å²) in [5.41, 5.74) is 1.45. The van der Waals surface area contributed by atoms with E-state index in [4.69, 9.17) is 0 Å². The minimum absolute atomic E-state index is 0.633. The van der Waals surface area contributed by atoms with Gasteiger partial charge in [0, 0.05) is 11.8 Å². The maximum atomic E-state index is 3.51. The molecule has 1 aromatic heterocycles. The van der Waals surface area contributed by atoms with Crippen LogP contribution in [0.3, 0.4) is 0 Å². The third-order valence-electron chi connectivity index (χ3n) is 1.90. The summed E-state index contributed by atoms with van der Waals surface area (Å²) in [7, 11) is 0. The fourth-order valence-electron chi connectivity index (χ4n) is 1.21. The van der Waals surface area contributed by atoms with Gasteiger partial charge < -0.3 is 5.32 Å². The van der Waals surface area contributed by atoms with Gasteiger partial charge in [-0.1, -0.05) is 0 Å². The van der Waals surface area contributed by atoms with Crippen LogP contribution in [-0.2, 0) is 6.42 Å². The van der Waals surface area contributed by atoms with E-state index in [0.29, 0.717) is 6.04 Å². The molecule has 1 aromatic rings. The minimum Gasteiger partial charge on any atom is -0.313 e. The van der Waals surface area contributed by atoms with Gasteiger partial charge in [-0.25, -0.2) is 0 Å². The lowest BCUT2D eigenvalue weighted by Crippen LogP contribution is -2.29. The Labute approximate surface area is 88.9 Å². The van der Waals surface area contributed by atoms with Crippen molar-refractivity contribution in [2.45, 2.75) is 19.4 Å². The van der Waals surface area contributed by atoms with Crippen LogP contribution >= 0.6 is 23.1 Å². The first-order chi connectivity index (χ1) is 6.33. The molecule has 0 amide bonds. The van der Waals surface area contributed by atoms with Crippen molar-refractivity contribution in [2.24, 2.45) is 0 Å². The number of rotatable bonds is 6. The van der Waals surface area contributed by atoms with Crippen molar-refractivity contribution in [3.63, 3.8) is 0 Å². The Kier molecular flexibility index (Phi) is 5.51. The number of thiophene rings is 1. The average Bonchev–Trinajstić information content (AvgIpc) is 2.57. The van der Waals surface area contributed by atoms with Gasteiger partial charge in [-0.2, -0.15) is 23.1 Å². The Balaban J connectivity index is 2.07. The molecule has 1 nitrogen and oxygen atoms in total. The summed E-state index contributed by atoms with van der Waals surface area (Å²) in [6, 6.07) is 2.83. The third kappa shape index (κ3) is 4.69. The maximum Gasteiger partial charge on any atom is 0.0129 e. The molecular weight excluding hydrogens is 198 g/mol. The van der Waals surface area contributed by atoms with Gasteiger partial charge in [-0.05, 0) is 48.5 Å². The van der Waals surface area contributed by atoms with Crippen molar-refractivity contribution in [3.05, 3.63) is 22.4 Å². The first kappa shape index (κ1) is 11.1. The fraction of sp³-hybridized carbons (Fsp3) is 0.600. The van der Waals surface area contributed by atoms with Crippen molar-refractivity contribution in [2.75, 3.05) is 18.6 Å². The maximum absolute atomic E-state index is 3.51. The predicted molar refractivity (Wildman–Crippen MR) is 63.9 cm³/mol. The quantitative estimate of drug-likeness (QED) is 0.783. The molecule has 3 heteroatoms. The second-order valence-corrected chi connectivity index (χ2v) is 4.88. The van der Waals surface area contributed by atoms with Crippen LogP contribution < -0.4 is 5.32 Å². The molecule has 0 aliphatic heterocycles. The summed E-state index contributed by atoms with van der Waals surface area (Å²) in [5.74, 6) is 1.20. The Morgan fingerprint density at radius 1 is 1.62 bits per heavy atom. The lowest BCUT2D eigenvalue weighted by Gasteiger charge is -2.11. The first-order valence-electron chi connectivity index (χ1n) is 4.56. The highest BCUT2D eigenvalue weighted by Crippen LogP contribution is 2.06. The zero-order chi connectivity index (χ0) is 9.52. The van der Waals surface area contributed by atoms with Crippen molar-refractivity contribution >= 4 is 23.1 Å². The Hall–Kier alpha value is 0.01000. The van der Waals surface area contributed by atoms with Gasteiger partial charge in [0.15, 0.2) is 0 Å². The molecule has 0 fully saturated rings. The van der Waals surface area contributed by atoms with Gasteiger partial charge in [0.1, 0.15) is 0 Å². The highest BCUT2D eigenvalue weighted by atomic mass is 32.2. The molecule has 0 saturated heterocycles. The van der Waals surface area contributed by atoms with Gasteiger partial charge in [-0.3, -0.25) is 0 Å². The normalized spacial score (nSPS) is 13.1. The van der Waals surface area contributed by atoms with Crippen LogP contribution in [0.15, 0.2) is 16.8 Å². The lowest BCUT2D eigenvalue weighted by atomic mass is 10.2. The summed E-state index contributed by atoms with van der Waals surface area (Å²) in [6.07, 6.45) is 3.30. The smallest absolute Gasteiger partial charge is 0.0129 e. The summed E-state index contributed by atoms with van der Waals surface area (Å²) < 4.78 is 0. The van der Waals surface area contributed by atoms with Crippen LogP contribution in [-0.4, -0.2) is 24.6 Å². The van der Waals surface area contributed by atoms with Crippen LogP contribution in [0.5, 0.6) is 0 Å². The zero-order valence-corrected chi connectivity index (χ0v) is 9.88. The highest BCUT2D eigenvalue weighted by Gasteiger charge is 1.99. The van der Waals surface area contributed by atoms with Crippen LogP contribution in [0.1, 0.15) is 12.5 Å². The molecule has 1 heterocycles. The molecule has 0 spiro atoms. The van der Waals surface area contributed by atoms with E-state index in [0.717, 1.165) is 13.0 Å². The van der Waals surface area contributed by atoms with E-state index in [1.807, 2.05) is 11.8 Å². The lowest BCUT2D eigenvalue weighted by molar-refractivity contribution is 0.598. The molecule has 0 aliphatic rings. The molecule has 1 N–H and O–H groups in total. The van der Waals surface area contributed by atoms with Gasteiger partial charge in [0.2, 0.25) is 0 Å². The van der Waals surface area contributed by atoms with Gasteiger partial charge in [-0.15, -0.1) is 0 Å². The number of thioether (sulfide) groups is 1. The van der Waals surface area contributed by atoms with Gasteiger partial charge >= 0.3 is 0 Å². The van der Waals surface area contributed by atoms with E-state index in [2.05, 4.69) is 35.3 Å². The molecule has 1 unspecified atom stereocenters. The predicted octanol–water partition coefficient (Wildman–Crippen LogP) is 2.63. The molecule has 74 valence electrons. The molecule has 1 rings (SSSR count). The van der Waals surface area contributed by atoms with Crippen molar-refractivity contribution < 1.29 is 0 Å². The van der Waals surface area contributed by atoms with Crippen LogP contribution in [0.25, 0.3) is 0 Å². The zero-order valence-electron chi connectivity index (χ0n) is 8.25. The molecule has 0 aromatic carbocycles. The van der Waals surface area contributed by atoms with E-state index in [1.54, 1.807) is 11.3 Å². The van der Waals surface area contributed by atoms with Gasteiger partial charge in [0.05, 0.1) is 0 Å². The second-order valence-electron chi connectivity index (χ2n) is 3.19. The van der Waals surface area contributed by atoms with Crippen LogP contribution in [0.4, 0.5) is 0 Å². The minimum atomic E-state index is 0.633. The largest absolute Gasteiger partial charge is 0.313 e. The topological polar surface area (TPSA) is 12.0 Å². The summed E-state index contributed by atoms with van der Waals surface area (Å²) in [6.45, 7) is 3.34. The van der Waals surface area contributed by atoms with Crippen LogP contribution in [0, 0.1) is 0 Å². The number of nitrogens with one attached hydrogen (secondary N) is 1. The van der Waals surface area contributed by atoms with E-state index in [-0.39, 0.29) is 0 Å². The summed E-state index contributed by atoms with van der Waals surface area (Å²) in [4.78, 5) is 0. The van der Waals surface area contributed by atoms with E-state index in [1.165, 1.54) is 11.3 Å². The summed E-state index contributed by atoms with van der Waals surface area (Å²) in [5, 5.41) is 7.87. The third-order valence-corrected chi connectivity index (χ3v) is 3.47. The van der Waals surface area contributed by atoms with Gasteiger partial charge in [0.25, 0.3) is 0 Å². The standard InChI is InChI=1S/C10H17NS2/c1-9(7-12-2)11-5-3-10-4-6-13-8-10/h4,6,8-9,11H,3,5,7H2,1-2H3. The van der Waals surface area contributed by atoms with Crippen molar-refractivity contribution in [1.82, 2.24) is 5.32 Å². The van der Waals surface area contributed by atoms with E-state index in [9.17, 15) is 0 Å². The Morgan fingerprint density at radius 2 is 2.46 bits per heavy atom. The molecule has 0 radical (unpaired) electrons. The molecule has 0 saturated carbocycles. The first-order valence-corrected chi connectivity index (χ1v) is 6.90. The number of hydrogen-bond acceptors (Lipinski definition) is 3. The van der Waals surface area contributed by atoms with Crippen molar-refractivity contribution in [3.8, 4) is 0 Å². The molecule has 0 bridgehead atoms. The van der Waals surface area contributed by atoms with Crippen molar-refractivity contribution in [1.29, 1.82) is 0 Å². The van der Waals surface area contributed by atoms with Crippen LogP contribution in [0.2, 0.25) is 0 Å². The molecular formula is C10H17NS2. The van der Waals surface area contributed by atoms with E-state index >= 15 is 0 Å². The average molecular weight is 215 g/mol. The fourth-order valence-corrected chi connectivity index (χ4v) is 2.53. The Morgan fingerprint density at radius 3 is 3.08 bits per heavy atom. The highest BCUT2D eigenvalue weighted by molar-refractivity contribution is 7.98. The Bertz CT molecular complexity index is 209. The molecule has 0 aliphatic carbocycles. The number of hydrogen-bond donors (Lipinski definition) is 1. The summed E-state index contributed by atoms with van der Waals surface area (Å²) >= 11 is 3.67. The monoisotopic (exact) mass is 215 g/mol. The van der Waals surface area contributed by atoms with E-state index < -0.39 is 0 Å².